The smallest absolute Gasteiger partial charge is 0.237 e. The van der Waals surface area contributed by atoms with E-state index in [1.165, 1.54) is 5.56 Å². The van der Waals surface area contributed by atoms with Gasteiger partial charge in [0.2, 0.25) is 5.88 Å². The molecule has 0 aliphatic rings. The third-order valence-electron chi connectivity index (χ3n) is 3.45. The van der Waals surface area contributed by atoms with E-state index in [1.807, 2.05) is 31.2 Å². The molecule has 2 rings (SSSR count). The minimum Gasteiger partial charge on any atom is -0.438 e. The molecule has 0 saturated heterocycles. The van der Waals surface area contributed by atoms with Gasteiger partial charge >= 0.3 is 0 Å². The van der Waals surface area contributed by atoms with Gasteiger partial charge in [0.05, 0.1) is 6.20 Å². The predicted molar refractivity (Wildman–Crippen MR) is 81.1 cm³/mol. The van der Waals surface area contributed by atoms with Crippen LogP contribution in [0.2, 0.25) is 0 Å². The quantitative estimate of drug-likeness (QED) is 0.818. The number of ether oxygens (including phenoxy) is 1. The molecule has 0 spiro atoms. The lowest BCUT2D eigenvalue weighted by Crippen LogP contribution is -2.33. The zero-order valence-electron chi connectivity index (χ0n) is 12.4. The summed E-state index contributed by atoms with van der Waals surface area (Å²) in [6.45, 7) is 5.05. The fraction of sp³-hybridized carbons (Fsp3) is 0.375. The van der Waals surface area contributed by atoms with Gasteiger partial charge in [-0.1, -0.05) is 19.1 Å². The maximum Gasteiger partial charge on any atom is 0.237 e. The Hall–Kier alpha value is -1.98. The van der Waals surface area contributed by atoms with Crippen molar-refractivity contribution in [2.24, 2.45) is 5.92 Å². The number of nitrogens with zero attached hydrogens (tertiary/aromatic N) is 2. The van der Waals surface area contributed by atoms with E-state index >= 15 is 0 Å². The molecule has 21 heavy (non-hydrogen) atoms. The average Bonchev–Trinajstić information content (AvgIpc) is 2.54. The maximum atomic E-state index is 9.11. The molecule has 2 atom stereocenters. The first kappa shape index (κ1) is 15.4. The Morgan fingerprint density at radius 2 is 1.95 bits per heavy atom. The molecule has 0 radical (unpaired) electrons. The van der Waals surface area contributed by atoms with Crippen LogP contribution < -0.4 is 10.1 Å². The van der Waals surface area contributed by atoms with Crippen LogP contribution in [0.25, 0.3) is 0 Å². The molecule has 0 amide bonds. The topological polar surface area (TPSA) is 67.3 Å². The van der Waals surface area contributed by atoms with Crippen molar-refractivity contribution in [3.8, 4) is 11.6 Å². The number of aromatic nitrogens is 2. The lowest BCUT2D eigenvalue weighted by Gasteiger charge is -2.19. The molecular weight excluding hydrogens is 266 g/mol. The molecule has 0 aliphatic heterocycles. The van der Waals surface area contributed by atoms with E-state index in [1.54, 1.807) is 18.6 Å². The first-order valence-corrected chi connectivity index (χ1v) is 7.06. The van der Waals surface area contributed by atoms with Crippen LogP contribution in [0.4, 0.5) is 0 Å². The van der Waals surface area contributed by atoms with Crippen LogP contribution in [-0.2, 0) is 6.54 Å². The Kier molecular flexibility index (Phi) is 5.66. The Morgan fingerprint density at radius 3 is 2.57 bits per heavy atom. The molecule has 112 valence electrons. The summed E-state index contributed by atoms with van der Waals surface area (Å²) in [5.74, 6) is 1.45. The molecular formula is C16H21N3O2. The third-order valence-corrected chi connectivity index (χ3v) is 3.45. The molecule has 0 aliphatic carbocycles. The number of aliphatic hydroxyl groups is 1. The van der Waals surface area contributed by atoms with Crippen molar-refractivity contribution in [2.75, 3.05) is 6.61 Å². The van der Waals surface area contributed by atoms with Crippen molar-refractivity contribution >= 4 is 0 Å². The van der Waals surface area contributed by atoms with Crippen LogP contribution in [0.3, 0.4) is 0 Å². The summed E-state index contributed by atoms with van der Waals surface area (Å²) >= 11 is 0. The lowest BCUT2D eigenvalue weighted by atomic mass is 10.0. The second-order valence-corrected chi connectivity index (χ2v) is 5.12. The highest BCUT2D eigenvalue weighted by Crippen LogP contribution is 2.18. The summed E-state index contributed by atoms with van der Waals surface area (Å²) in [5.41, 5.74) is 1.17. The summed E-state index contributed by atoms with van der Waals surface area (Å²) in [4.78, 5) is 8.02. The van der Waals surface area contributed by atoms with Crippen molar-refractivity contribution in [2.45, 2.75) is 26.4 Å². The molecule has 0 fully saturated rings. The van der Waals surface area contributed by atoms with E-state index in [-0.39, 0.29) is 18.6 Å². The largest absolute Gasteiger partial charge is 0.438 e. The summed E-state index contributed by atoms with van der Waals surface area (Å²) in [6, 6.07) is 8.10. The average molecular weight is 287 g/mol. The SMILES string of the molecule is CC(CO)C(C)NCc1ccc(Oc2cnccn2)cc1. The second-order valence-electron chi connectivity index (χ2n) is 5.12. The molecule has 2 N–H and O–H groups in total. The van der Waals surface area contributed by atoms with Crippen molar-refractivity contribution in [3.05, 3.63) is 48.4 Å². The number of rotatable bonds is 7. The third kappa shape index (κ3) is 4.81. The van der Waals surface area contributed by atoms with Gasteiger partial charge in [0.25, 0.3) is 0 Å². The summed E-state index contributed by atoms with van der Waals surface area (Å²) in [5, 5.41) is 12.5. The van der Waals surface area contributed by atoms with E-state index in [4.69, 9.17) is 9.84 Å². The standard InChI is InChI=1S/C16H21N3O2/c1-12(11-20)13(2)19-9-14-3-5-15(6-4-14)21-16-10-17-7-8-18-16/h3-8,10,12-13,19-20H,9,11H2,1-2H3. The molecule has 2 unspecified atom stereocenters. The molecule has 1 heterocycles. The highest BCUT2D eigenvalue weighted by molar-refractivity contribution is 5.29. The summed E-state index contributed by atoms with van der Waals surface area (Å²) in [7, 11) is 0. The van der Waals surface area contributed by atoms with Crippen LogP contribution in [0.15, 0.2) is 42.9 Å². The van der Waals surface area contributed by atoms with E-state index in [0.29, 0.717) is 5.88 Å². The van der Waals surface area contributed by atoms with E-state index in [9.17, 15) is 0 Å². The fourth-order valence-corrected chi connectivity index (χ4v) is 1.77. The molecule has 5 heteroatoms. The van der Waals surface area contributed by atoms with Gasteiger partial charge in [-0.25, -0.2) is 4.98 Å². The summed E-state index contributed by atoms with van der Waals surface area (Å²) < 4.78 is 5.59. The zero-order chi connectivity index (χ0) is 15.1. The Labute approximate surface area is 125 Å². The number of aliphatic hydroxyl groups excluding tert-OH is 1. The number of benzene rings is 1. The van der Waals surface area contributed by atoms with Gasteiger partial charge in [-0.2, -0.15) is 0 Å². The molecule has 0 saturated carbocycles. The Morgan fingerprint density at radius 1 is 1.19 bits per heavy atom. The summed E-state index contributed by atoms with van der Waals surface area (Å²) in [6.07, 6.45) is 4.78. The molecule has 1 aromatic heterocycles. The first-order valence-electron chi connectivity index (χ1n) is 7.06. The zero-order valence-corrected chi connectivity index (χ0v) is 12.4. The minimum atomic E-state index is 0.194. The van der Waals surface area contributed by atoms with Gasteiger partial charge in [-0.15, -0.1) is 0 Å². The number of hydrogen-bond acceptors (Lipinski definition) is 5. The highest BCUT2D eigenvalue weighted by atomic mass is 16.5. The van der Waals surface area contributed by atoms with Gasteiger partial charge in [-0.3, -0.25) is 4.98 Å². The molecule has 1 aromatic carbocycles. The maximum absolute atomic E-state index is 9.11. The van der Waals surface area contributed by atoms with Gasteiger partial charge < -0.3 is 15.2 Å². The number of hydrogen-bond donors (Lipinski definition) is 2. The highest BCUT2D eigenvalue weighted by Gasteiger charge is 2.09. The van der Waals surface area contributed by atoms with Gasteiger partial charge in [0.15, 0.2) is 0 Å². The van der Waals surface area contributed by atoms with Crippen molar-refractivity contribution in [3.63, 3.8) is 0 Å². The number of nitrogens with one attached hydrogen (secondary N) is 1. The minimum absolute atomic E-state index is 0.194. The second kappa shape index (κ2) is 7.71. The molecule has 2 aromatic rings. The normalized spacial score (nSPS) is 13.7. The van der Waals surface area contributed by atoms with E-state index in [0.717, 1.165) is 12.3 Å². The van der Waals surface area contributed by atoms with E-state index < -0.39 is 0 Å². The molecule has 5 nitrogen and oxygen atoms in total. The molecule has 0 bridgehead atoms. The van der Waals surface area contributed by atoms with Crippen LogP contribution in [0.1, 0.15) is 19.4 Å². The van der Waals surface area contributed by atoms with Gasteiger partial charge in [-0.05, 0) is 30.5 Å². The van der Waals surface area contributed by atoms with E-state index in [2.05, 4.69) is 22.2 Å². The lowest BCUT2D eigenvalue weighted by molar-refractivity contribution is 0.207. The van der Waals surface area contributed by atoms with Crippen LogP contribution in [0, 0.1) is 5.92 Å². The van der Waals surface area contributed by atoms with Crippen molar-refractivity contribution in [1.82, 2.24) is 15.3 Å². The van der Waals surface area contributed by atoms with Crippen molar-refractivity contribution < 1.29 is 9.84 Å². The van der Waals surface area contributed by atoms with Crippen LogP contribution in [-0.4, -0.2) is 27.7 Å². The van der Waals surface area contributed by atoms with Crippen LogP contribution >= 0.6 is 0 Å². The fourth-order valence-electron chi connectivity index (χ4n) is 1.77. The van der Waals surface area contributed by atoms with Gasteiger partial charge in [0.1, 0.15) is 5.75 Å². The van der Waals surface area contributed by atoms with Gasteiger partial charge in [0, 0.05) is 31.6 Å². The van der Waals surface area contributed by atoms with Crippen molar-refractivity contribution in [1.29, 1.82) is 0 Å². The van der Waals surface area contributed by atoms with Crippen LogP contribution in [0.5, 0.6) is 11.6 Å². The Balaban J connectivity index is 1.87. The monoisotopic (exact) mass is 287 g/mol. The Bertz CT molecular complexity index is 531. The first-order chi connectivity index (χ1) is 10.2. The predicted octanol–water partition coefficient (Wildman–Crippen LogP) is 2.38.